The third-order valence-electron chi connectivity index (χ3n) is 4.17. The number of hydrogen-bond acceptors (Lipinski definition) is 6. The number of carbonyl (C=O) groups excluding carboxylic acids is 2. The van der Waals surface area contributed by atoms with Crippen molar-refractivity contribution in [3.8, 4) is 11.4 Å². The Kier molecular flexibility index (Phi) is 3.61. The average Bonchev–Trinajstić information content (AvgIpc) is 3.34. The maximum atomic E-state index is 12.8. The Morgan fingerprint density at radius 3 is 2.76 bits per heavy atom. The molecule has 25 heavy (non-hydrogen) atoms. The van der Waals surface area contributed by atoms with Crippen molar-refractivity contribution >= 4 is 23.3 Å². The first-order valence-electron chi connectivity index (χ1n) is 7.63. The van der Waals surface area contributed by atoms with Crippen LogP contribution < -0.4 is 5.32 Å². The van der Waals surface area contributed by atoms with Crippen molar-refractivity contribution in [2.75, 3.05) is 0 Å². The van der Waals surface area contributed by atoms with E-state index in [1.807, 2.05) is 47.2 Å². The van der Waals surface area contributed by atoms with Crippen molar-refractivity contribution in [3.05, 3.63) is 58.6 Å². The van der Waals surface area contributed by atoms with E-state index >= 15 is 0 Å². The van der Waals surface area contributed by atoms with Crippen LogP contribution in [0.3, 0.4) is 0 Å². The van der Waals surface area contributed by atoms with Crippen molar-refractivity contribution in [2.45, 2.75) is 19.0 Å². The lowest BCUT2D eigenvalue weighted by atomic mass is 9.92. The van der Waals surface area contributed by atoms with Gasteiger partial charge in [0.15, 0.2) is 0 Å². The minimum atomic E-state index is -1.10. The lowest BCUT2D eigenvalue weighted by Crippen LogP contribution is -2.40. The topological polar surface area (TPSA) is 88.3 Å². The third-order valence-corrected chi connectivity index (χ3v) is 4.85. The summed E-state index contributed by atoms with van der Waals surface area (Å²) >= 11 is 1.52. The molecule has 1 aliphatic heterocycles. The lowest BCUT2D eigenvalue weighted by molar-refractivity contribution is -0.131. The van der Waals surface area contributed by atoms with E-state index in [-0.39, 0.29) is 18.3 Å². The molecule has 1 N–H and O–H groups in total. The fraction of sp³-hybridized carbons (Fsp3) is 0.176. The molecule has 3 heterocycles. The van der Waals surface area contributed by atoms with Gasteiger partial charge in [-0.05, 0) is 23.9 Å². The van der Waals surface area contributed by atoms with Crippen LogP contribution in [0.5, 0.6) is 0 Å². The predicted octanol–water partition coefficient (Wildman–Crippen LogP) is 2.77. The van der Waals surface area contributed by atoms with E-state index in [4.69, 9.17) is 4.52 Å². The first kappa shape index (κ1) is 15.5. The summed E-state index contributed by atoms with van der Waals surface area (Å²) in [5.41, 5.74) is 0.459. The van der Waals surface area contributed by atoms with Crippen LogP contribution in [0.1, 0.15) is 18.4 Å². The molecule has 3 aromatic rings. The quantitative estimate of drug-likeness (QED) is 0.728. The summed E-state index contributed by atoms with van der Waals surface area (Å²) in [7, 11) is 0. The fourth-order valence-electron chi connectivity index (χ4n) is 2.77. The van der Waals surface area contributed by atoms with E-state index in [1.165, 1.54) is 11.3 Å². The van der Waals surface area contributed by atoms with Gasteiger partial charge in [0.2, 0.25) is 11.7 Å². The van der Waals surface area contributed by atoms with E-state index < -0.39 is 11.6 Å². The fourth-order valence-corrected chi connectivity index (χ4v) is 3.41. The third kappa shape index (κ3) is 2.60. The highest BCUT2D eigenvalue weighted by molar-refractivity contribution is 7.08. The van der Waals surface area contributed by atoms with Crippen molar-refractivity contribution in [1.82, 2.24) is 20.4 Å². The van der Waals surface area contributed by atoms with Crippen LogP contribution in [0.15, 0.2) is 51.7 Å². The second-order valence-electron chi connectivity index (χ2n) is 5.84. The van der Waals surface area contributed by atoms with Crippen LogP contribution in [0, 0.1) is 0 Å². The Hall–Kier alpha value is -3.00. The Morgan fingerprint density at radius 1 is 1.24 bits per heavy atom. The molecule has 1 aromatic carbocycles. The monoisotopic (exact) mass is 354 g/mol. The first-order valence-corrected chi connectivity index (χ1v) is 8.57. The van der Waals surface area contributed by atoms with Crippen molar-refractivity contribution in [2.24, 2.45) is 0 Å². The molecule has 7 nitrogen and oxygen atoms in total. The molecule has 4 rings (SSSR count). The van der Waals surface area contributed by atoms with Crippen LogP contribution in [-0.4, -0.2) is 27.0 Å². The van der Waals surface area contributed by atoms with E-state index in [0.717, 1.165) is 16.0 Å². The van der Waals surface area contributed by atoms with E-state index in [1.54, 1.807) is 6.92 Å². The van der Waals surface area contributed by atoms with Gasteiger partial charge in [-0.2, -0.15) is 16.3 Å². The molecule has 0 spiro atoms. The number of hydrogen-bond donors (Lipinski definition) is 1. The Labute approximate surface area is 147 Å². The highest BCUT2D eigenvalue weighted by Gasteiger charge is 2.49. The summed E-state index contributed by atoms with van der Waals surface area (Å²) in [6, 6.07) is 10.5. The molecule has 126 valence electrons. The molecule has 0 bridgehead atoms. The van der Waals surface area contributed by atoms with Gasteiger partial charge in [0.25, 0.3) is 5.91 Å². The zero-order valence-electron chi connectivity index (χ0n) is 13.3. The van der Waals surface area contributed by atoms with Gasteiger partial charge < -0.3 is 9.84 Å². The second-order valence-corrected chi connectivity index (χ2v) is 6.62. The maximum Gasteiger partial charge on any atom is 0.325 e. The number of benzene rings is 1. The van der Waals surface area contributed by atoms with E-state index in [0.29, 0.717) is 5.82 Å². The second kappa shape index (κ2) is 5.82. The Bertz CT molecular complexity index is 923. The highest BCUT2D eigenvalue weighted by Crippen LogP contribution is 2.29. The van der Waals surface area contributed by atoms with Crippen LogP contribution in [0.4, 0.5) is 4.79 Å². The van der Waals surface area contributed by atoms with Crippen molar-refractivity contribution in [3.63, 3.8) is 0 Å². The highest BCUT2D eigenvalue weighted by atomic mass is 32.1. The average molecular weight is 354 g/mol. The molecule has 0 saturated carbocycles. The minimum Gasteiger partial charge on any atom is -0.337 e. The Balaban J connectivity index is 1.57. The molecule has 1 atom stereocenters. The van der Waals surface area contributed by atoms with E-state index in [2.05, 4.69) is 15.5 Å². The van der Waals surface area contributed by atoms with Crippen LogP contribution in [-0.2, 0) is 16.9 Å². The number of thiophene rings is 1. The molecule has 1 aliphatic rings. The van der Waals surface area contributed by atoms with Crippen molar-refractivity contribution in [1.29, 1.82) is 0 Å². The number of imide groups is 1. The molecular formula is C17H14N4O3S. The molecule has 2 aromatic heterocycles. The van der Waals surface area contributed by atoms with Gasteiger partial charge in [-0.3, -0.25) is 9.69 Å². The van der Waals surface area contributed by atoms with Gasteiger partial charge >= 0.3 is 6.03 Å². The number of aromatic nitrogens is 2. The maximum absolute atomic E-state index is 12.8. The van der Waals surface area contributed by atoms with Gasteiger partial charge in [-0.1, -0.05) is 35.5 Å². The van der Waals surface area contributed by atoms with Gasteiger partial charge in [0, 0.05) is 10.9 Å². The summed E-state index contributed by atoms with van der Waals surface area (Å²) in [5.74, 6) is 0.301. The number of urea groups is 1. The normalized spacial score (nSPS) is 20.1. The van der Waals surface area contributed by atoms with Crippen LogP contribution >= 0.6 is 11.3 Å². The lowest BCUT2D eigenvalue weighted by Gasteiger charge is -2.21. The molecule has 0 radical (unpaired) electrons. The summed E-state index contributed by atoms with van der Waals surface area (Å²) in [6.45, 7) is 1.62. The molecule has 8 heteroatoms. The minimum absolute atomic E-state index is 0.0653. The summed E-state index contributed by atoms with van der Waals surface area (Å²) in [4.78, 5) is 30.5. The van der Waals surface area contributed by atoms with Gasteiger partial charge in [-0.15, -0.1) is 0 Å². The molecule has 1 saturated heterocycles. The predicted molar refractivity (Wildman–Crippen MR) is 90.5 cm³/mol. The Morgan fingerprint density at radius 2 is 2.04 bits per heavy atom. The molecule has 0 aliphatic carbocycles. The summed E-state index contributed by atoms with van der Waals surface area (Å²) < 4.78 is 5.19. The number of amides is 3. The van der Waals surface area contributed by atoms with Gasteiger partial charge in [0.1, 0.15) is 12.1 Å². The number of carbonyl (C=O) groups is 2. The standard InChI is InChI=1S/C17H14N4O3S/c1-17(12-5-3-2-4-6-12)15(22)21(16(23)19-17)9-13-18-14(20-24-13)11-7-8-25-10-11/h2-8,10H,9H2,1H3,(H,19,23). The molecule has 3 amide bonds. The largest absolute Gasteiger partial charge is 0.337 e. The summed E-state index contributed by atoms with van der Waals surface area (Å²) in [6.07, 6.45) is 0. The smallest absolute Gasteiger partial charge is 0.325 e. The SMILES string of the molecule is CC1(c2ccccc2)NC(=O)N(Cc2nc(-c3ccsc3)no2)C1=O. The van der Waals surface area contributed by atoms with Crippen LogP contribution in [0.25, 0.3) is 11.4 Å². The molecule has 1 unspecified atom stereocenters. The zero-order chi connectivity index (χ0) is 17.4. The van der Waals surface area contributed by atoms with Gasteiger partial charge in [-0.25, -0.2) is 4.79 Å². The van der Waals surface area contributed by atoms with Gasteiger partial charge in [0.05, 0.1) is 0 Å². The number of nitrogens with zero attached hydrogens (tertiary/aromatic N) is 3. The molecular weight excluding hydrogens is 340 g/mol. The number of nitrogens with one attached hydrogen (secondary N) is 1. The zero-order valence-corrected chi connectivity index (χ0v) is 14.1. The van der Waals surface area contributed by atoms with Crippen LogP contribution in [0.2, 0.25) is 0 Å². The molecule has 1 fully saturated rings. The first-order chi connectivity index (χ1) is 12.1. The van der Waals surface area contributed by atoms with E-state index in [9.17, 15) is 9.59 Å². The number of rotatable bonds is 4. The summed E-state index contributed by atoms with van der Waals surface area (Å²) in [5, 5.41) is 10.5. The van der Waals surface area contributed by atoms with Crippen molar-refractivity contribution < 1.29 is 14.1 Å².